The maximum Gasteiger partial charge on any atom is 0.263 e. The zero-order valence-corrected chi connectivity index (χ0v) is 17.3. The number of hydrogen-bond donors (Lipinski definition) is 1. The molecule has 3 atom stereocenters. The van der Waals surface area contributed by atoms with E-state index in [0.717, 1.165) is 50.6 Å². The van der Waals surface area contributed by atoms with Gasteiger partial charge in [0.05, 0.1) is 12.6 Å². The minimum atomic E-state index is -0.207. The van der Waals surface area contributed by atoms with E-state index in [1.54, 1.807) is 11.0 Å². The Morgan fingerprint density at radius 2 is 1.86 bits per heavy atom. The Kier molecular flexibility index (Phi) is 5.25. The van der Waals surface area contributed by atoms with E-state index in [2.05, 4.69) is 4.90 Å². The van der Waals surface area contributed by atoms with Gasteiger partial charge in [-0.25, -0.2) is 0 Å². The Morgan fingerprint density at radius 3 is 2.66 bits per heavy atom. The molecule has 4 aliphatic rings. The summed E-state index contributed by atoms with van der Waals surface area (Å²) in [6, 6.07) is 4.36. The van der Waals surface area contributed by atoms with Crippen LogP contribution in [0.1, 0.15) is 73.3 Å². The van der Waals surface area contributed by atoms with E-state index in [1.165, 1.54) is 32.1 Å². The Balaban J connectivity index is 1.40. The van der Waals surface area contributed by atoms with E-state index in [4.69, 9.17) is 0 Å². The molecular formula is C23H33N3O3. The van der Waals surface area contributed by atoms with Crippen molar-refractivity contribution in [3.8, 4) is 0 Å². The first-order valence-electron chi connectivity index (χ1n) is 11.6. The van der Waals surface area contributed by atoms with Crippen molar-refractivity contribution in [1.29, 1.82) is 0 Å². The number of likely N-dealkylation sites (tertiary alicyclic amines) is 2. The highest BCUT2D eigenvalue weighted by molar-refractivity contribution is 5.94. The number of carbonyl (C=O) groups excluding carboxylic acids is 1. The van der Waals surface area contributed by atoms with E-state index in [-0.39, 0.29) is 29.7 Å². The van der Waals surface area contributed by atoms with Crippen LogP contribution in [0.25, 0.3) is 0 Å². The van der Waals surface area contributed by atoms with Gasteiger partial charge in [-0.2, -0.15) is 0 Å². The average molecular weight is 400 g/mol. The van der Waals surface area contributed by atoms with Crippen LogP contribution < -0.4 is 5.56 Å². The summed E-state index contributed by atoms with van der Waals surface area (Å²) in [5.41, 5.74) is 1.26. The summed E-state index contributed by atoms with van der Waals surface area (Å²) in [4.78, 5) is 30.7. The van der Waals surface area contributed by atoms with Crippen molar-refractivity contribution < 1.29 is 9.90 Å². The zero-order chi connectivity index (χ0) is 20.0. The minimum Gasteiger partial charge on any atom is -0.394 e. The Hall–Kier alpha value is -1.66. The van der Waals surface area contributed by atoms with Crippen LogP contribution in [0.3, 0.4) is 0 Å². The van der Waals surface area contributed by atoms with Crippen molar-refractivity contribution in [3.05, 3.63) is 33.7 Å². The second kappa shape index (κ2) is 7.88. The summed E-state index contributed by atoms with van der Waals surface area (Å²) >= 11 is 0. The number of hydrogen-bond acceptors (Lipinski definition) is 4. The first-order valence-corrected chi connectivity index (χ1v) is 11.6. The van der Waals surface area contributed by atoms with Crippen LogP contribution in [0, 0.1) is 5.92 Å². The molecule has 1 aromatic heterocycles. The number of aliphatic hydroxyl groups excluding tert-OH is 1. The third kappa shape index (κ3) is 3.44. The Labute approximate surface area is 172 Å². The number of pyridine rings is 1. The zero-order valence-electron chi connectivity index (χ0n) is 17.3. The second-order valence-corrected chi connectivity index (χ2v) is 9.61. The molecule has 0 aromatic carbocycles. The van der Waals surface area contributed by atoms with Gasteiger partial charge in [-0.05, 0) is 50.2 Å². The lowest BCUT2D eigenvalue weighted by molar-refractivity contribution is 0.0631. The van der Waals surface area contributed by atoms with Gasteiger partial charge < -0.3 is 14.6 Å². The van der Waals surface area contributed by atoms with Crippen molar-refractivity contribution in [2.75, 3.05) is 26.2 Å². The molecule has 1 amide bonds. The Morgan fingerprint density at radius 1 is 1.03 bits per heavy atom. The van der Waals surface area contributed by atoms with Crippen molar-refractivity contribution in [3.63, 3.8) is 0 Å². The smallest absolute Gasteiger partial charge is 0.263 e. The number of rotatable bonds is 3. The van der Waals surface area contributed by atoms with Crippen LogP contribution in [0.2, 0.25) is 0 Å². The fourth-order valence-electron chi connectivity index (χ4n) is 6.34. The monoisotopic (exact) mass is 399 g/mol. The lowest BCUT2D eigenvalue weighted by Gasteiger charge is -2.46. The van der Waals surface area contributed by atoms with Gasteiger partial charge in [0, 0.05) is 43.8 Å². The number of carbonyl (C=O) groups is 1. The average Bonchev–Trinajstić information content (AvgIpc) is 3.23. The normalized spacial score (nSPS) is 30.4. The van der Waals surface area contributed by atoms with E-state index < -0.39 is 0 Å². The van der Waals surface area contributed by atoms with Gasteiger partial charge in [-0.3, -0.25) is 14.5 Å². The summed E-state index contributed by atoms with van der Waals surface area (Å²) < 4.78 is 1.90. The lowest BCUT2D eigenvalue weighted by atomic mass is 9.81. The topological polar surface area (TPSA) is 65.8 Å². The van der Waals surface area contributed by atoms with Crippen LogP contribution in [-0.4, -0.2) is 63.7 Å². The van der Waals surface area contributed by atoms with Crippen LogP contribution >= 0.6 is 0 Å². The number of amides is 1. The number of fused-ring (bicyclic) bond motifs is 4. The highest BCUT2D eigenvalue weighted by atomic mass is 16.3. The molecule has 2 saturated heterocycles. The summed E-state index contributed by atoms with van der Waals surface area (Å²) in [7, 11) is 0. The quantitative estimate of drug-likeness (QED) is 0.846. The number of nitrogens with zero attached hydrogens (tertiary/aromatic N) is 3. The summed E-state index contributed by atoms with van der Waals surface area (Å²) in [5.74, 6) is 0.697. The third-order valence-corrected chi connectivity index (χ3v) is 7.80. The van der Waals surface area contributed by atoms with Crippen molar-refractivity contribution >= 4 is 5.91 Å². The summed E-state index contributed by atoms with van der Waals surface area (Å²) in [5, 5.41) is 9.55. The molecule has 4 heterocycles. The molecule has 0 unspecified atom stereocenters. The fourth-order valence-corrected chi connectivity index (χ4v) is 6.34. The van der Waals surface area contributed by atoms with Crippen molar-refractivity contribution in [2.45, 2.75) is 75.9 Å². The molecule has 1 N–H and O–H groups in total. The van der Waals surface area contributed by atoms with Gasteiger partial charge in [-0.1, -0.05) is 19.3 Å². The number of aromatic nitrogens is 1. The van der Waals surface area contributed by atoms with Crippen molar-refractivity contribution in [2.24, 2.45) is 5.92 Å². The molecule has 29 heavy (non-hydrogen) atoms. The molecule has 3 aliphatic heterocycles. The molecule has 3 fully saturated rings. The SMILES string of the molecule is O=C(c1ccc2n(c1=O)C[C@H]1C[C@@H]2CN(C2CCCCC2)C1)N1CCC[C@H]1CO. The molecule has 1 saturated carbocycles. The minimum absolute atomic E-state index is 0.0286. The molecule has 0 radical (unpaired) electrons. The molecule has 158 valence electrons. The second-order valence-electron chi connectivity index (χ2n) is 9.61. The fraction of sp³-hybridized carbons (Fsp3) is 0.739. The largest absolute Gasteiger partial charge is 0.394 e. The van der Waals surface area contributed by atoms with Gasteiger partial charge in [0.25, 0.3) is 11.5 Å². The van der Waals surface area contributed by atoms with E-state index in [1.807, 2.05) is 10.6 Å². The molecule has 6 nitrogen and oxygen atoms in total. The first kappa shape index (κ1) is 19.3. The van der Waals surface area contributed by atoms with E-state index in [9.17, 15) is 14.7 Å². The van der Waals surface area contributed by atoms with Crippen LogP contribution in [0.15, 0.2) is 16.9 Å². The van der Waals surface area contributed by atoms with Crippen LogP contribution in [0.4, 0.5) is 0 Å². The molecule has 0 spiro atoms. The molecule has 6 heteroatoms. The van der Waals surface area contributed by atoms with Gasteiger partial charge in [0.15, 0.2) is 0 Å². The Bertz CT molecular complexity index is 829. The number of aliphatic hydroxyl groups is 1. The summed E-state index contributed by atoms with van der Waals surface area (Å²) in [6.07, 6.45) is 9.59. The van der Waals surface area contributed by atoms with Crippen LogP contribution in [-0.2, 0) is 6.54 Å². The molecule has 5 rings (SSSR count). The molecular weight excluding hydrogens is 366 g/mol. The number of piperidine rings is 1. The van der Waals surface area contributed by atoms with E-state index in [0.29, 0.717) is 18.4 Å². The maximum atomic E-state index is 13.3. The van der Waals surface area contributed by atoms with Gasteiger partial charge in [0.2, 0.25) is 0 Å². The van der Waals surface area contributed by atoms with E-state index >= 15 is 0 Å². The highest BCUT2D eigenvalue weighted by Crippen LogP contribution is 2.38. The molecule has 2 bridgehead atoms. The van der Waals surface area contributed by atoms with Gasteiger partial charge in [0.1, 0.15) is 5.56 Å². The first-order chi connectivity index (χ1) is 14.2. The molecule has 1 aliphatic carbocycles. The predicted molar refractivity (Wildman–Crippen MR) is 111 cm³/mol. The standard InChI is InChI=1S/C23H33N3O3/c27-15-19-7-4-10-25(19)22(28)20-8-9-21-17-11-16(13-26(21)23(20)29)12-24(14-17)18-5-2-1-3-6-18/h8-9,16-19,27H,1-7,10-15H2/t16-,17+,19-/m0/s1. The molecule has 1 aromatic rings. The predicted octanol–water partition coefficient (Wildman–Crippen LogP) is 2.20. The highest BCUT2D eigenvalue weighted by Gasteiger charge is 2.38. The summed E-state index contributed by atoms with van der Waals surface area (Å²) in [6.45, 7) is 3.47. The van der Waals surface area contributed by atoms with Crippen molar-refractivity contribution in [1.82, 2.24) is 14.4 Å². The van der Waals surface area contributed by atoms with Gasteiger partial charge >= 0.3 is 0 Å². The maximum absolute atomic E-state index is 13.3. The lowest BCUT2D eigenvalue weighted by Crippen LogP contribution is -2.51. The van der Waals surface area contributed by atoms with Gasteiger partial charge in [-0.15, -0.1) is 0 Å². The van der Waals surface area contributed by atoms with Crippen LogP contribution in [0.5, 0.6) is 0 Å². The third-order valence-electron chi connectivity index (χ3n) is 7.80.